The van der Waals surface area contributed by atoms with Gasteiger partial charge in [0.1, 0.15) is 6.04 Å². The topological polar surface area (TPSA) is 66.4 Å². The van der Waals surface area contributed by atoms with Crippen molar-refractivity contribution in [2.24, 2.45) is 0 Å². The SMILES string of the molecule is CCCCCCC(NC(=O)Cc1ccccc1)C(=O)O. The molecule has 0 aliphatic carbocycles. The van der Waals surface area contributed by atoms with Crippen LogP contribution in [0.3, 0.4) is 0 Å². The Balaban J connectivity index is 2.40. The highest BCUT2D eigenvalue weighted by molar-refractivity contribution is 5.84. The van der Waals surface area contributed by atoms with Crippen molar-refractivity contribution in [3.05, 3.63) is 35.9 Å². The minimum Gasteiger partial charge on any atom is -0.480 e. The summed E-state index contributed by atoms with van der Waals surface area (Å²) in [5.41, 5.74) is 0.889. The highest BCUT2D eigenvalue weighted by Gasteiger charge is 2.19. The van der Waals surface area contributed by atoms with E-state index < -0.39 is 12.0 Å². The van der Waals surface area contributed by atoms with E-state index in [0.717, 1.165) is 31.2 Å². The molecule has 0 aliphatic rings. The smallest absolute Gasteiger partial charge is 0.326 e. The van der Waals surface area contributed by atoms with Crippen LogP contribution < -0.4 is 5.32 Å². The Bertz CT molecular complexity index is 417. The molecule has 110 valence electrons. The summed E-state index contributed by atoms with van der Waals surface area (Å²) in [7, 11) is 0. The predicted octanol–water partition coefficient (Wildman–Crippen LogP) is 2.77. The third-order valence-corrected chi connectivity index (χ3v) is 3.19. The standard InChI is InChI=1S/C16H23NO3/c1-2-3-4-8-11-14(16(19)20)17-15(18)12-13-9-6-5-7-10-13/h5-7,9-10,14H,2-4,8,11-12H2,1H3,(H,17,18)(H,19,20). The maximum atomic E-state index is 11.8. The van der Waals surface area contributed by atoms with Crippen LogP contribution in [0.25, 0.3) is 0 Å². The average Bonchev–Trinajstić information content (AvgIpc) is 2.43. The van der Waals surface area contributed by atoms with Crippen LogP contribution in [0.15, 0.2) is 30.3 Å². The highest BCUT2D eigenvalue weighted by Crippen LogP contribution is 2.07. The van der Waals surface area contributed by atoms with Crippen molar-refractivity contribution in [3.8, 4) is 0 Å². The number of hydrogen-bond acceptors (Lipinski definition) is 2. The molecule has 1 rings (SSSR count). The van der Waals surface area contributed by atoms with E-state index in [-0.39, 0.29) is 12.3 Å². The van der Waals surface area contributed by atoms with E-state index in [1.165, 1.54) is 0 Å². The number of carboxylic acids is 1. The summed E-state index contributed by atoms with van der Waals surface area (Å²) in [4.78, 5) is 23.0. The van der Waals surface area contributed by atoms with Crippen molar-refractivity contribution >= 4 is 11.9 Å². The maximum Gasteiger partial charge on any atom is 0.326 e. The first-order valence-corrected chi connectivity index (χ1v) is 7.19. The Morgan fingerprint density at radius 2 is 1.85 bits per heavy atom. The predicted molar refractivity (Wildman–Crippen MR) is 78.5 cm³/mol. The quantitative estimate of drug-likeness (QED) is 0.682. The lowest BCUT2D eigenvalue weighted by molar-refractivity contribution is -0.142. The van der Waals surface area contributed by atoms with E-state index in [1.807, 2.05) is 30.3 Å². The van der Waals surface area contributed by atoms with Gasteiger partial charge in [-0.1, -0.05) is 62.9 Å². The zero-order valence-corrected chi connectivity index (χ0v) is 12.0. The van der Waals surface area contributed by atoms with E-state index in [2.05, 4.69) is 12.2 Å². The molecule has 0 spiro atoms. The fourth-order valence-corrected chi connectivity index (χ4v) is 2.06. The minimum absolute atomic E-state index is 0.222. The Kier molecular flexibility index (Phi) is 7.40. The van der Waals surface area contributed by atoms with Gasteiger partial charge in [0.05, 0.1) is 6.42 Å². The molecule has 2 N–H and O–H groups in total. The Morgan fingerprint density at radius 3 is 2.45 bits per heavy atom. The van der Waals surface area contributed by atoms with Gasteiger partial charge in [-0.2, -0.15) is 0 Å². The fraction of sp³-hybridized carbons (Fsp3) is 0.500. The number of rotatable bonds is 9. The van der Waals surface area contributed by atoms with Crippen molar-refractivity contribution in [2.75, 3.05) is 0 Å². The zero-order valence-electron chi connectivity index (χ0n) is 12.0. The Morgan fingerprint density at radius 1 is 1.15 bits per heavy atom. The van der Waals surface area contributed by atoms with Crippen LogP contribution in [0.5, 0.6) is 0 Å². The number of hydrogen-bond donors (Lipinski definition) is 2. The van der Waals surface area contributed by atoms with Crippen molar-refractivity contribution in [2.45, 2.75) is 51.5 Å². The number of nitrogens with one attached hydrogen (secondary N) is 1. The van der Waals surface area contributed by atoms with Gasteiger partial charge < -0.3 is 10.4 Å². The molecule has 0 heterocycles. The van der Waals surface area contributed by atoms with E-state index in [4.69, 9.17) is 5.11 Å². The van der Waals surface area contributed by atoms with Gasteiger partial charge in [0.25, 0.3) is 0 Å². The van der Waals surface area contributed by atoms with E-state index in [1.54, 1.807) is 0 Å². The number of unbranched alkanes of at least 4 members (excludes halogenated alkanes) is 3. The van der Waals surface area contributed by atoms with Crippen LogP contribution in [0.4, 0.5) is 0 Å². The summed E-state index contributed by atoms with van der Waals surface area (Å²) >= 11 is 0. The molecule has 1 amide bonds. The molecule has 0 bridgehead atoms. The number of carbonyl (C=O) groups excluding carboxylic acids is 1. The van der Waals surface area contributed by atoms with Crippen LogP contribution in [0.2, 0.25) is 0 Å². The molecule has 0 aromatic heterocycles. The molecule has 0 aliphatic heterocycles. The van der Waals surface area contributed by atoms with Crippen molar-refractivity contribution < 1.29 is 14.7 Å². The monoisotopic (exact) mass is 277 g/mol. The number of carbonyl (C=O) groups is 2. The first-order chi connectivity index (χ1) is 9.63. The summed E-state index contributed by atoms with van der Waals surface area (Å²) in [5.74, 6) is -1.19. The molecular formula is C16H23NO3. The van der Waals surface area contributed by atoms with Gasteiger partial charge in [-0.3, -0.25) is 4.79 Å². The Labute approximate surface area is 120 Å². The maximum absolute atomic E-state index is 11.8. The summed E-state index contributed by atoms with van der Waals surface area (Å²) in [6.07, 6.45) is 4.77. The third kappa shape index (κ3) is 6.36. The Hall–Kier alpha value is -1.84. The summed E-state index contributed by atoms with van der Waals surface area (Å²) in [6.45, 7) is 2.11. The number of amides is 1. The van der Waals surface area contributed by atoms with Crippen LogP contribution in [-0.2, 0) is 16.0 Å². The van der Waals surface area contributed by atoms with Gasteiger partial charge in [0.2, 0.25) is 5.91 Å². The molecule has 1 atom stereocenters. The van der Waals surface area contributed by atoms with E-state index >= 15 is 0 Å². The normalized spacial score (nSPS) is 11.8. The third-order valence-electron chi connectivity index (χ3n) is 3.19. The highest BCUT2D eigenvalue weighted by atomic mass is 16.4. The molecule has 4 heteroatoms. The van der Waals surface area contributed by atoms with Crippen LogP contribution in [0.1, 0.15) is 44.6 Å². The van der Waals surface area contributed by atoms with Crippen LogP contribution in [0, 0.1) is 0 Å². The van der Waals surface area contributed by atoms with E-state index in [0.29, 0.717) is 6.42 Å². The molecule has 1 aromatic carbocycles. The molecular weight excluding hydrogens is 254 g/mol. The average molecular weight is 277 g/mol. The van der Waals surface area contributed by atoms with Gasteiger partial charge in [0, 0.05) is 0 Å². The molecule has 1 unspecified atom stereocenters. The molecule has 4 nitrogen and oxygen atoms in total. The van der Waals surface area contributed by atoms with Gasteiger partial charge >= 0.3 is 5.97 Å². The first-order valence-electron chi connectivity index (χ1n) is 7.19. The lowest BCUT2D eigenvalue weighted by Crippen LogP contribution is -2.41. The molecule has 1 aromatic rings. The van der Waals surface area contributed by atoms with Crippen molar-refractivity contribution in [1.82, 2.24) is 5.32 Å². The summed E-state index contributed by atoms with van der Waals surface area (Å²) < 4.78 is 0. The second kappa shape index (κ2) is 9.13. The second-order valence-electron chi connectivity index (χ2n) is 4.97. The van der Waals surface area contributed by atoms with Crippen molar-refractivity contribution in [1.29, 1.82) is 0 Å². The molecule has 0 fully saturated rings. The largest absolute Gasteiger partial charge is 0.480 e. The number of carboxylic acid groups (broad SMARTS) is 1. The van der Waals surface area contributed by atoms with Crippen LogP contribution >= 0.6 is 0 Å². The molecule has 0 saturated heterocycles. The van der Waals surface area contributed by atoms with E-state index in [9.17, 15) is 9.59 Å². The zero-order chi connectivity index (χ0) is 14.8. The molecule has 0 radical (unpaired) electrons. The lowest BCUT2D eigenvalue weighted by atomic mass is 10.1. The van der Waals surface area contributed by atoms with Crippen LogP contribution in [-0.4, -0.2) is 23.0 Å². The van der Waals surface area contributed by atoms with Gasteiger partial charge in [0.15, 0.2) is 0 Å². The van der Waals surface area contributed by atoms with Crippen molar-refractivity contribution in [3.63, 3.8) is 0 Å². The summed E-state index contributed by atoms with van der Waals surface area (Å²) in [5, 5.41) is 11.7. The van der Waals surface area contributed by atoms with Gasteiger partial charge in [-0.25, -0.2) is 4.79 Å². The summed E-state index contributed by atoms with van der Waals surface area (Å²) in [6, 6.07) is 8.55. The molecule has 0 saturated carbocycles. The lowest BCUT2D eigenvalue weighted by Gasteiger charge is -2.14. The van der Waals surface area contributed by atoms with Gasteiger partial charge in [-0.15, -0.1) is 0 Å². The molecule has 20 heavy (non-hydrogen) atoms. The number of aliphatic carboxylic acids is 1. The first kappa shape index (κ1) is 16.2. The van der Waals surface area contributed by atoms with Gasteiger partial charge in [-0.05, 0) is 12.0 Å². The second-order valence-corrected chi connectivity index (χ2v) is 4.97. The fourth-order valence-electron chi connectivity index (χ4n) is 2.06. The minimum atomic E-state index is -0.956. The number of benzene rings is 1.